The summed E-state index contributed by atoms with van der Waals surface area (Å²) in [7, 11) is 0. The van der Waals surface area contributed by atoms with Crippen molar-refractivity contribution < 1.29 is 5.21 Å². The van der Waals surface area contributed by atoms with Crippen LogP contribution in [0.1, 0.15) is 6.92 Å². The van der Waals surface area contributed by atoms with Gasteiger partial charge in [0.05, 0.1) is 0 Å². The van der Waals surface area contributed by atoms with Gasteiger partial charge in [0, 0.05) is 6.54 Å². The Morgan fingerprint density at radius 2 is 1.67 bits per heavy atom. The summed E-state index contributed by atoms with van der Waals surface area (Å²) in [6, 6.07) is 0. The molecule has 0 rings (SSSR count). The smallest absolute Gasteiger partial charge is 0.0179 e. The normalized spacial score (nSPS) is 5.00. The Hall–Kier alpha value is 0.500. The zero-order valence-electron chi connectivity index (χ0n) is 3.47. The Bertz CT molecular complexity index is 13.5. The minimum absolute atomic E-state index is 0. The molecule has 0 aliphatic carbocycles. The molecule has 0 bridgehead atoms. The maximum Gasteiger partial charge on any atom is 0.0179 e. The van der Waals surface area contributed by atoms with Crippen LogP contribution in [0.2, 0.25) is 0 Å². The van der Waals surface area contributed by atoms with Crippen molar-refractivity contribution in [1.82, 2.24) is 5.48 Å². The van der Waals surface area contributed by atoms with Gasteiger partial charge >= 0.3 is 0 Å². The van der Waals surface area contributed by atoms with Crippen molar-refractivity contribution in [2.45, 2.75) is 6.92 Å². The third-order valence-electron chi connectivity index (χ3n) is 0.158. The Morgan fingerprint density at radius 1 is 1.50 bits per heavy atom. The van der Waals surface area contributed by atoms with Crippen LogP contribution in [0, 0.1) is 0 Å². The maximum absolute atomic E-state index is 7.62. The highest BCUT2D eigenvalue weighted by atomic mass is 35.5. The largest absolute Gasteiger partial charge is 0.317 e. The van der Waals surface area contributed by atoms with E-state index in [-0.39, 0.29) is 24.8 Å². The minimum atomic E-state index is 0. The van der Waals surface area contributed by atoms with Crippen molar-refractivity contribution in [3.05, 3.63) is 0 Å². The Morgan fingerprint density at radius 3 is 1.67 bits per heavy atom. The van der Waals surface area contributed by atoms with Gasteiger partial charge in [0.1, 0.15) is 0 Å². The molecular weight excluding hydrogens is 125 g/mol. The third-order valence-corrected chi connectivity index (χ3v) is 0.158. The molecule has 0 saturated heterocycles. The molecule has 4 heteroatoms. The second-order valence-electron chi connectivity index (χ2n) is 0.512. The van der Waals surface area contributed by atoms with Crippen LogP contribution in [0.5, 0.6) is 0 Å². The van der Waals surface area contributed by atoms with E-state index < -0.39 is 0 Å². The van der Waals surface area contributed by atoms with Crippen molar-refractivity contribution in [1.29, 1.82) is 0 Å². The molecule has 0 aliphatic heterocycles. The highest BCUT2D eigenvalue weighted by Crippen LogP contribution is 1.34. The highest BCUT2D eigenvalue weighted by molar-refractivity contribution is 5.85. The molecule has 0 radical (unpaired) electrons. The molecule has 42 valence electrons. The van der Waals surface area contributed by atoms with E-state index >= 15 is 0 Å². The summed E-state index contributed by atoms with van der Waals surface area (Å²) in [6.07, 6.45) is 0. The fourth-order valence-electron chi connectivity index (χ4n) is 0. The number of nitrogens with one attached hydrogen (secondary N) is 1. The van der Waals surface area contributed by atoms with Gasteiger partial charge in [-0.2, -0.15) is 0 Å². The first kappa shape index (κ1) is 16.1. The van der Waals surface area contributed by atoms with E-state index in [0.29, 0.717) is 6.54 Å². The van der Waals surface area contributed by atoms with Gasteiger partial charge in [-0.05, 0) is 0 Å². The van der Waals surface area contributed by atoms with Gasteiger partial charge in [0.25, 0.3) is 0 Å². The number of halogens is 2. The number of rotatable bonds is 1. The summed E-state index contributed by atoms with van der Waals surface area (Å²) in [5.74, 6) is 0. The molecule has 0 aromatic rings. The quantitative estimate of drug-likeness (QED) is 0.520. The van der Waals surface area contributed by atoms with Crippen molar-refractivity contribution in [3.8, 4) is 0 Å². The van der Waals surface area contributed by atoms with Gasteiger partial charge in [-0.15, -0.1) is 24.8 Å². The van der Waals surface area contributed by atoms with E-state index in [2.05, 4.69) is 0 Å². The molecule has 0 aliphatic rings. The van der Waals surface area contributed by atoms with Gasteiger partial charge in [0.2, 0.25) is 0 Å². The zero-order chi connectivity index (χ0) is 3.41. The molecule has 0 aromatic heterocycles. The molecule has 0 atom stereocenters. The van der Waals surface area contributed by atoms with E-state index in [4.69, 9.17) is 5.21 Å². The van der Waals surface area contributed by atoms with Crippen molar-refractivity contribution >= 4 is 24.8 Å². The predicted octanol–water partition coefficient (Wildman–Crippen LogP) is 0.829. The number of hydrogen-bond acceptors (Lipinski definition) is 2. The van der Waals surface area contributed by atoms with E-state index in [9.17, 15) is 0 Å². The standard InChI is InChI=1S/C2H7NO.2ClH/c1-2-3-4;;/h3-4H,2H2,1H3;2*1H. The Balaban J connectivity index is -0.0000000450. The Kier molecular flexibility index (Phi) is 47.7. The average Bonchev–Trinajstić information content (AvgIpc) is 1.37. The van der Waals surface area contributed by atoms with Gasteiger partial charge in [-0.25, -0.2) is 5.48 Å². The maximum atomic E-state index is 7.62. The van der Waals surface area contributed by atoms with Crippen LogP contribution in [0.25, 0.3) is 0 Å². The second-order valence-corrected chi connectivity index (χ2v) is 0.512. The summed E-state index contributed by atoms with van der Waals surface area (Å²) in [5.41, 5.74) is 1.93. The molecule has 0 amide bonds. The molecule has 6 heavy (non-hydrogen) atoms. The monoisotopic (exact) mass is 133 g/mol. The number of hydrogen-bond donors (Lipinski definition) is 2. The summed E-state index contributed by atoms with van der Waals surface area (Å²) in [5, 5.41) is 7.62. The van der Waals surface area contributed by atoms with Crippen LogP contribution in [0.15, 0.2) is 0 Å². The lowest BCUT2D eigenvalue weighted by Crippen LogP contribution is -2.02. The van der Waals surface area contributed by atoms with E-state index in [1.165, 1.54) is 0 Å². The van der Waals surface area contributed by atoms with Crippen LogP contribution in [-0.2, 0) is 0 Å². The molecule has 0 spiro atoms. The molecule has 0 heterocycles. The zero-order valence-corrected chi connectivity index (χ0v) is 5.10. The Labute approximate surface area is 49.7 Å². The predicted molar refractivity (Wildman–Crippen MR) is 30.0 cm³/mol. The molecule has 2 N–H and O–H groups in total. The summed E-state index contributed by atoms with van der Waals surface area (Å²) >= 11 is 0. The van der Waals surface area contributed by atoms with E-state index in [1.54, 1.807) is 0 Å². The SMILES string of the molecule is CCNO.Cl.Cl. The molecule has 0 unspecified atom stereocenters. The first-order valence-electron chi connectivity index (χ1n) is 1.28. The lowest BCUT2D eigenvalue weighted by molar-refractivity contribution is 0.173. The summed E-state index contributed by atoms with van der Waals surface area (Å²) < 4.78 is 0. The van der Waals surface area contributed by atoms with Crippen LogP contribution >= 0.6 is 24.8 Å². The third kappa shape index (κ3) is 24.5. The van der Waals surface area contributed by atoms with Crippen LogP contribution in [0.3, 0.4) is 0 Å². The first-order chi connectivity index (χ1) is 1.91. The second kappa shape index (κ2) is 17.8. The molecule has 0 aromatic carbocycles. The molecule has 0 saturated carbocycles. The summed E-state index contributed by atoms with van der Waals surface area (Å²) in [6.45, 7) is 2.44. The summed E-state index contributed by atoms with van der Waals surface area (Å²) in [4.78, 5) is 0. The van der Waals surface area contributed by atoms with Gasteiger partial charge in [0.15, 0.2) is 0 Å². The topological polar surface area (TPSA) is 32.3 Å². The minimum Gasteiger partial charge on any atom is -0.317 e. The van der Waals surface area contributed by atoms with Crippen molar-refractivity contribution in [3.63, 3.8) is 0 Å². The lowest BCUT2D eigenvalue weighted by atomic mass is 10.8. The fourth-order valence-corrected chi connectivity index (χ4v) is 0. The molecule has 2 nitrogen and oxygen atoms in total. The number of hydroxylamine groups is 1. The highest BCUT2D eigenvalue weighted by Gasteiger charge is 1.51. The van der Waals surface area contributed by atoms with Crippen LogP contribution < -0.4 is 5.48 Å². The average molecular weight is 134 g/mol. The van der Waals surface area contributed by atoms with Crippen molar-refractivity contribution in [2.75, 3.05) is 6.54 Å². The lowest BCUT2D eigenvalue weighted by Gasteiger charge is -1.75. The fraction of sp³-hybridized carbons (Fsp3) is 1.00. The van der Waals surface area contributed by atoms with Crippen LogP contribution in [0.4, 0.5) is 0 Å². The first-order valence-corrected chi connectivity index (χ1v) is 1.28. The van der Waals surface area contributed by atoms with E-state index in [1.807, 2.05) is 12.4 Å². The molecular formula is C2H9Cl2NO. The van der Waals surface area contributed by atoms with Crippen molar-refractivity contribution in [2.24, 2.45) is 0 Å². The van der Waals surface area contributed by atoms with Gasteiger partial charge < -0.3 is 5.21 Å². The molecule has 0 fully saturated rings. The van der Waals surface area contributed by atoms with E-state index in [0.717, 1.165) is 0 Å². The van der Waals surface area contributed by atoms with Crippen LogP contribution in [-0.4, -0.2) is 11.8 Å². The van der Waals surface area contributed by atoms with Gasteiger partial charge in [-0.3, -0.25) is 0 Å². The van der Waals surface area contributed by atoms with Gasteiger partial charge in [-0.1, -0.05) is 6.92 Å².